The lowest BCUT2D eigenvalue weighted by molar-refractivity contribution is -0.130. The Morgan fingerprint density at radius 1 is 1.08 bits per heavy atom. The molecule has 6 nitrogen and oxygen atoms in total. The largest absolute Gasteiger partial charge is 0.353 e. The molecule has 7 heteroatoms. The summed E-state index contributed by atoms with van der Waals surface area (Å²) in [6.45, 7) is 3.08. The fourth-order valence-electron chi connectivity index (χ4n) is 2.95. The minimum atomic E-state index is 0.144. The molecule has 0 unspecified atom stereocenters. The van der Waals surface area contributed by atoms with Gasteiger partial charge in [0.15, 0.2) is 5.13 Å². The Morgan fingerprint density at radius 2 is 1.88 bits per heavy atom. The Bertz CT molecular complexity index is 822. The summed E-state index contributed by atoms with van der Waals surface area (Å²) in [5, 5.41) is 2.87. The second-order valence-corrected chi connectivity index (χ2v) is 6.78. The number of thiazole rings is 1. The number of carbonyl (C=O) groups excluding carboxylic acids is 1. The van der Waals surface area contributed by atoms with Crippen molar-refractivity contribution in [1.29, 1.82) is 0 Å². The third-order valence-electron chi connectivity index (χ3n) is 4.30. The van der Waals surface area contributed by atoms with E-state index in [0.29, 0.717) is 6.42 Å². The Hall–Kier alpha value is -2.67. The van der Waals surface area contributed by atoms with Crippen LogP contribution in [0.4, 0.5) is 5.82 Å². The number of pyridine rings is 1. The van der Waals surface area contributed by atoms with E-state index in [1.54, 1.807) is 17.5 Å². The zero-order chi connectivity index (χ0) is 17.1. The van der Waals surface area contributed by atoms with Crippen molar-refractivity contribution in [3.63, 3.8) is 0 Å². The van der Waals surface area contributed by atoms with E-state index in [1.807, 2.05) is 57.6 Å². The van der Waals surface area contributed by atoms with E-state index in [2.05, 4.69) is 14.9 Å². The summed E-state index contributed by atoms with van der Waals surface area (Å²) in [5.41, 5.74) is 0.839. The van der Waals surface area contributed by atoms with Gasteiger partial charge in [-0.25, -0.2) is 9.97 Å². The van der Waals surface area contributed by atoms with E-state index in [0.717, 1.165) is 42.8 Å². The maximum Gasteiger partial charge on any atom is 0.228 e. The van der Waals surface area contributed by atoms with Gasteiger partial charge in [0.25, 0.3) is 0 Å². The maximum absolute atomic E-state index is 12.6. The molecule has 25 heavy (non-hydrogen) atoms. The number of nitrogens with zero attached hydrogens (tertiary/aromatic N) is 5. The number of hydrogen-bond donors (Lipinski definition) is 0. The van der Waals surface area contributed by atoms with Crippen molar-refractivity contribution >= 4 is 23.1 Å². The molecule has 1 saturated heterocycles. The monoisotopic (exact) mass is 353 g/mol. The second-order valence-electron chi connectivity index (χ2n) is 5.94. The van der Waals surface area contributed by atoms with Crippen LogP contribution in [0.25, 0.3) is 5.13 Å². The highest BCUT2D eigenvalue weighted by atomic mass is 32.1. The zero-order valence-electron chi connectivity index (χ0n) is 13.8. The van der Waals surface area contributed by atoms with Crippen LogP contribution < -0.4 is 4.90 Å². The average Bonchev–Trinajstić information content (AvgIpc) is 3.34. The van der Waals surface area contributed by atoms with Crippen LogP contribution in [-0.4, -0.2) is 51.5 Å². The minimum absolute atomic E-state index is 0.144. The van der Waals surface area contributed by atoms with Gasteiger partial charge in [-0.15, -0.1) is 11.3 Å². The van der Waals surface area contributed by atoms with Crippen molar-refractivity contribution in [2.45, 2.75) is 6.42 Å². The van der Waals surface area contributed by atoms with Gasteiger partial charge in [-0.05, 0) is 24.3 Å². The van der Waals surface area contributed by atoms with Crippen LogP contribution in [0.1, 0.15) is 5.69 Å². The highest BCUT2D eigenvalue weighted by molar-refractivity contribution is 7.12. The fourth-order valence-corrected chi connectivity index (χ4v) is 3.74. The molecule has 1 aliphatic rings. The lowest BCUT2D eigenvalue weighted by Crippen LogP contribution is -2.49. The first-order valence-corrected chi connectivity index (χ1v) is 9.19. The lowest BCUT2D eigenvalue weighted by Gasteiger charge is -2.35. The van der Waals surface area contributed by atoms with Gasteiger partial charge in [0.2, 0.25) is 5.91 Å². The molecule has 128 valence electrons. The van der Waals surface area contributed by atoms with Crippen molar-refractivity contribution in [2.75, 3.05) is 31.1 Å². The van der Waals surface area contributed by atoms with Gasteiger partial charge < -0.3 is 14.4 Å². The summed E-state index contributed by atoms with van der Waals surface area (Å²) in [7, 11) is 0. The molecule has 1 amide bonds. The smallest absolute Gasteiger partial charge is 0.228 e. The molecule has 1 aliphatic heterocycles. The third-order valence-corrected chi connectivity index (χ3v) is 5.21. The predicted molar refractivity (Wildman–Crippen MR) is 98.2 cm³/mol. The second kappa shape index (κ2) is 7.06. The molecule has 0 aromatic carbocycles. The van der Waals surface area contributed by atoms with Gasteiger partial charge in [0.05, 0.1) is 12.1 Å². The van der Waals surface area contributed by atoms with Crippen LogP contribution in [0.5, 0.6) is 0 Å². The number of piperazine rings is 1. The molecule has 1 fully saturated rings. The molecule has 0 aliphatic carbocycles. The number of anilines is 1. The van der Waals surface area contributed by atoms with Crippen LogP contribution >= 0.6 is 11.3 Å². The summed E-state index contributed by atoms with van der Waals surface area (Å²) in [5.74, 6) is 1.12. The SMILES string of the molecule is O=C(Cc1csc(-n2cccc2)n1)N1CCN(c2ccccn2)CC1. The molecule has 4 heterocycles. The van der Waals surface area contributed by atoms with Crippen LogP contribution in [-0.2, 0) is 11.2 Å². The molecule has 0 saturated carbocycles. The summed E-state index contributed by atoms with van der Waals surface area (Å²) < 4.78 is 1.96. The summed E-state index contributed by atoms with van der Waals surface area (Å²) in [4.78, 5) is 25.6. The maximum atomic E-state index is 12.6. The van der Waals surface area contributed by atoms with Gasteiger partial charge in [-0.3, -0.25) is 4.79 Å². The van der Waals surface area contributed by atoms with Crippen molar-refractivity contribution in [3.8, 4) is 5.13 Å². The van der Waals surface area contributed by atoms with E-state index in [-0.39, 0.29) is 5.91 Å². The summed E-state index contributed by atoms with van der Waals surface area (Å²) >= 11 is 1.56. The highest BCUT2D eigenvalue weighted by Gasteiger charge is 2.22. The van der Waals surface area contributed by atoms with Gasteiger partial charge in [0.1, 0.15) is 5.82 Å². The zero-order valence-corrected chi connectivity index (χ0v) is 14.6. The van der Waals surface area contributed by atoms with E-state index in [4.69, 9.17) is 0 Å². The van der Waals surface area contributed by atoms with Crippen LogP contribution in [0, 0.1) is 0 Å². The molecule has 0 N–H and O–H groups in total. The van der Waals surface area contributed by atoms with E-state index in [9.17, 15) is 4.79 Å². The Kier molecular flexibility index (Phi) is 4.47. The van der Waals surface area contributed by atoms with E-state index >= 15 is 0 Å². The Balaban J connectivity index is 1.34. The number of amides is 1. The number of rotatable bonds is 4. The highest BCUT2D eigenvalue weighted by Crippen LogP contribution is 2.17. The van der Waals surface area contributed by atoms with Crippen molar-refractivity contribution in [2.24, 2.45) is 0 Å². The lowest BCUT2D eigenvalue weighted by atomic mass is 10.2. The van der Waals surface area contributed by atoms with E-state index in [1.165, 1.54) is 0 Å². The van der Waals surface area contributed by atoms with E-state index < -0.39 is 0 Å². The third kappa shape index (κ3) is 3.56. The molecule has 3 aromatic heterocycles. The Labute approximate surface area is 150 Å². The molecular weight excluding hydrogens is 334 g/mol. The first kappa shape index (κ1) is 15.8. The molecular formula is C18H19N5OS. The fraction of sp³-hybridized carbons (Fsp3) is 0.278. The van der Waals surface area contributed by atoms with Crippen LogP contribution in [0.3, 0.4) is 0 Å². The number of hydrogen-bond acceptors (Lipinski definition) is 5. The van der Waals surface area contributed by atoms with Gasteiger partial charge in [-0.1, -0.05) is 6.07 Å². The van der Waals surface area contributed by atoms with Crippen molar-refractivity contribution < 1.29 is 4.79 Å². The topological polar surface area (TPSA) is 54.3 Å². The van der Waals surface area contributed by atoms with Crippen LogP contribution in [0.15, 0.2) is 54.3 Å². The van der Waals surface area contributed by atoms with Crippen molar-refractivity contribution in [3.05, 3.63) is 60.0 Å². The first-order chi connectivity index (χ1) is 12.3. The van der Waals surface area contributed by atoms with Gasteiger partial charge in [0, 0.05) is 50.1 Å². The molecule has 0 bridgehead atoms. The number of aromatic nitrogens is 3. The summed E-state index contributed by atoms with van der Waals surface area (Å²) in [6.07, 6.45) is 6.08. The van der Waals surface area contributed by atoms with Crippen molar-refractivity contribution in [1.82, 2.24) is 19.4 Å². The Morgan fingerprint density at radius 3 is 2.60 bits per heavy atom. The van der Waals surface area contributed by atoms with Gasteiger partial charge in [-0.2, -0.15) is 0 Å². The molecule has 0 radical (unpaired) electrons. The van der Waals surface area contributed by atoms with Crippen LogP contribution in [0.2, 0.25) is 0 Å². The quantitative estimate of drug-likeness (QED) is 0.722. The standard InChI is InChI=1S/C18H19N5OS/c24-17(13-15-14-25-18(20-15)23-7-3-4-8-23)22-11-9-21(10-12-22)16-5-1-2-6-19-16/h1-8,14H,9-13H2. The normalized spacial score (nSPS) is 14.7. The number of carbonyl (C=O) groups is 1. The first-order valence-electron chi connectivity index (χ1n) is 8.31. The molecule has 0 atom stereocenters. The molecule has 0 spiro atoms. The summed E-state index contributed by atoms with van der Waals surface area (Å²) in [6, 6.07) is 9.85. The average molecular weight is 353 g/mol. The molecule has 3 aromatic rings. The predicted octanol–water partition coefficient (Wildman–Crippen LogP) is 2.22. The molecule has 4 rings (SSSR count). The minimum Gasteiger partial charge on any atom is -0.353 e. The van der Waals surface area contributed by atoms with Gasteiger partial charge >= 0.3 is 0 Å².